The second kappa shape index (κ2) is 7.71. The fourth-order valence-electron chi connectivity index (χ4n) is 2.86. The lowest BCUT2D eigenvalue weighted by Crippen LogP contribution is -2.18. The SMILES string of the molecule is C=CCO/N=C1\CCCc2nnc(-c3sc(-c4cccnc4)nc3C)nc21. The molecular weight excluding hydrogens is 360 g/mol. The third kappa shape index (κ3) is 3.61. The van der Waals surface area contributed by atoms with Crippen molar-refractivity contribution in [1.29, 1.82) is 0 Å². The van der Waals surface area contributed by atoms with Crippen molar-refractivity contribution in [1.82, 2.24) is 25.1 Å². The number of hydrogen-bond donors (Lipinski definition) is 0. The maximum absolute atomic E-state index is 5.28. The van der Waals surface area contributed by atoms with Gasteiger partial charge in [0.2, 0.25) is 0 Å². The third-order valence-corrected chi connectivity index (χ3v) is 5.33. The van der Waals surface area contributed by atoms with E-state index < -0.39 is 0 Å². The summed E-state index contributed by atoms with van der Waals surface area (Å²) >= 11 is 1.54. The zero-order chi connectivity index (χ0) is 18.6. The highest BCUT2D eigenvalue weighted by molar-refractivity contribution is 7.18. The first kappa shape index (κ1) is 17.4. The molecule has 0 N–H and O–H groups in total. The van der Waals surface area contributed by atoms with Crippen LogP contribution in [0.4, 0.5) is 0 Å². The molecule has 3 aromatic heterocycles. The summed E-state index contributed by atoms with van der Waals surface area (Å²) in [5, 5.41) is 13.8. The van der Waals surface area contributed by atoms with Crippen molar-refractivity contribution in [3.8, 4) is 21.3 Å². The monoisotopic (exact) mass is 378 g/mol. The van der Waals surface area contributed by atoms with Crippen molar-refractivity contribution < 1.29 is 4.84 Å². The van der Waals surface area contributed by atoms with Gasteiger partial charge in [-0.3, -0.25) is 4.98 Å². The van der Waals surface area contributed by atoms with Crippen molar-refractivity contribution in [2.45, 2.75) is 26.2 Å². The molecule has 136 valence electrons. The highest BCUT2D eigenvalue weighted by Gasteiger charge is 2.23. The average Bonchev–Trinajstić information content (AvgIpc) is 3.10. The van der Waals surface area contributed by atoms with Gasteiger partial charge < -0.3 is 4.84 Å². The van der Waals surface area contributed by atoms with E-state index in [1.54, 1.807) is 18.5 Å². The molecule has 0 aliphatic heterocycles. The van der Waals surface area contributed by atoms with E-state index in [0.717, 1.165) is 57.5 Å². The standard InChI is InChI=1S/C19H18N6OS/c1-3-10-26-25-15-8-4-7-14-16(15)22-18(24-23-14)17-12(2)21-19(27-17)13-6-5-9-20-11-13/h3,5-6,9,11H,1,4,7-8,10H2,2H3/b25-15+. The fraction of sp³-hybridized carbons (Fsp3) is 0.263. The number of aryl methyl sites for hydroxylation is 2. The van der Waals surface area contributed by atoms with Gasteiger partial charge in [0.15, 0.2) is 5.82 Å². The van der Waals surface area contributed by atoms with Crippen LogP contribution >= 0.6 is 11.3 Å². The molecule has 0 atom stereocenters. The van der Waals surface area contributed by atoms with E-state index in [4.69, 9.17) is 9.82 Å². The molecule has 1 aliphatic carbocycles. The van der Waals surface area contributed by atoms with Gasteiger partial charge in [0.25, 0.3) is 0 Å². The molecule has 0 radical (unpaired) electrons. The van der Waals surface area contributed by atoms with E-state index in [9.17, 15) is 0 Å². The first-order valence-corrected chi connectivity index (χ1v) is 9.50. The highest BCUT2D eigenvalue weighted by atomic mass is 32.1. The van der Waals surface area contributed by atoms with Crippen LogP contribution in [0.15, 0.2) is 42.3 Å². The van der Waals surface area contributed by atoms with Crippen LogP contribution in [-0.4, -0.2) is 37.5 Å². The van der Waals surface area contributed by atoms with E-state index in [1.807, 2.05) is 19.1 Å². The normalized spacial score (nSPS) is 14.8. The van der Waals surface area contributed by atoms with Gasteiger partial charge >= 0.3 is 0 Å². The molecule has 0 unspecified atom stereocenters. The lowest BCUT2D eigenvalue weighted by atomic mass is 9.99. The largest absolute Gasteiger partial charge is 0.391 e. The van der Waals surface area contributed by atoms with E-state index >= 15 is 0 Å². The van der Waals surface area contributed by atoms with Crippen LogP contribution in [-0.2, 0) is 11.3 Å². The van der Waals surface area contributed by atoms with E-state index in [1.165, 1.54) is 11.3 Å². The Morgan fingerprint density at radius 1 is 1.30 bits per heavy atom. The van der Waals surface area contributed by atoms with Gasteiger partial charge in [-0.05, 0) is 38.3 Å². The van der Waals surface area contributed by atoms with Gasteiger partial charge in [-0.1, -0.05) is 17.8 Å². The van der Waals surface area contributed by atoms with E-state index in [0.29, 0.717) is 12.4 Å². The van der Waals surface area contributed by atoms with Crippen LogP contribution in [0, 0.1) is 6.92 Å². The molecule has 1 aliphatic rings. The quantitative estimate of drug-likeness (QED) is 0.383. The Bertz CT molecular complexity index is 999. The van der Waals surface area contributed by atoms with E-state index in [-0.39, 0.29) is 0 Å². The molecule has 3 aromatic rings. The van der Waals surface area contributed by atoms with Gasteiger partial charge in [0.1, 0.15) is 23.0 Å². The number of aromatic nitrogens is 5. The van der Waals surface area contributed by atoms with Crippen molar-refractivity contribution in [3.05, 3.63) is 54.3 Å². The Hall–Kier alpha value is -3.00. The lowest BCUT2D eigenvalue weighted by molar-refractivity contribution is 0.174. The summed E-state index contributed by atoms with van der Waals surface area (Å²) in [6.07, 6.45) is 7.83. The van der Waals surface area contributed by atoms with Crippen LogP contribution in [0.3, 0.4) is 0 Å². The molecule has 0 spiro atoms. The molecule has 7 nitrogen and oxygen atoms in total. The second-order valence-electron chi connectivity index (χ2n) is 6.08. The highest BCUT2D eigenvalue weighted by Crippen LogP contribution is 2.33. The number of nitrogens with zero attached hydrogens (tertiary/aromatic N) is 6. The predicted molar refractivity (Wildman–Crippen MR) is 105 cm³/mol. The molecule has 0 saturated carbocycles. The minimum absolute atomic E-state index is 0.368. The van der Waals surface area contributed by atoms with E-state index in [2.05, 4.69) is 31.9 Å². The lowest BCUT2D eigenvalue weighted by Gasteiger charge is -2.15. The van der Waals surface area contributed by atoms with Crippen LogP contribution in [0.25, 0.3) is 21.3 Å². The summed E-state index contributed by atoms with van der Waals surface area (Å²) < 4.78 is 0. The molecular formula is C19H18N6OS. The molecule has 4 rings (SSSR count). The van der Waals surface area contributed by atoms with Crippen molar-refractivity contribution in [3.63, 3.8) is 0 Å². The molecule has 0 bridgehead atoms. The number of hydrogen-bond acceptors (Lipinski definition) is 8. The predicted octanol–water partition coefficient (Wildman–Crippen LogP) is 3.61. The van der Waals surface area contributed by atoms with Crippen LogP contribution < -0.4 is 0 Å². The fourth-order valence-corrected chi connectivity index (χ4v) is 3.84. The molecule has 27 heavy (non-hydrogen) atoms. The van der Waals surface area contributed by atoms with Crippen LogP contribution in [0.2, 0.25) is 0 Å². The average molecular weight is 378 g/mol. The molecule has 3 heterocycles. The Kier molecular flexibility index (Phi) is 4.97. The summed E-state index contributed by atoms with van der Waals surface area (Å²) in [4.78, 5) is 19.8. The maximum Gasteiger partial charge on any atom is 0.194 e. The summed E-state index contributed by atoms with van der Waals surface area (Å²) in [5.41, 5.74) is 4.29. The van der Waals surface area contributed by atoms with Crippen molar-refractivity contribution in [2.24, 2.45) is 5.16 Å². The number of thiazole rings is 1. The zero-order valence-corrected chi connectivity index (χ0v) is 15.7. The van der Waals surface area contributed by atoms with Gasteiger partial charge in [0, 0.05) is 18.0 Å². The number of oxime groups is 1. The summed E-state index contributed by atoms with van der Waals surface area (Å²) in [6, 6.07) is 3.89. The Labute approximate surface area is 160 Å². The Balaban J connectivity index is 1.72. The minimum atomic E-state index is 0.368. The zero-order valence-electron chi connectivity index (χ0n) is 14.9. The van der Waals surface area contributed by atoms with Crippen molar-refractivity contribution in [2.75, 3.05) is 6.61 Å². The Morgan fingerprint density at radius 3 is 3.04 bits per heavy atom. The van der Waals surface area contributed by atoms with Crippen LogP contribution in [0.1, 0.15) is 29.9 Å². The van der Waals surface area contributed by atoms with Gasteiger partial charge in [0.05, 0.1) is 16.3 Å². The molecule has 0 saturated heterocycles. The topological polar surface area (TPSA) is 86.0 Å². The number of fused-ring (bicyclic) bond motifs is 1. The van der Waals surface area contributed by atoms with Gasteiger partial charge in [-0.15, -0.1) is 16.4 Å². The third-order valence-electron chi connectivity index (χ3n) is 4.13. The maximum atomic E-state index is 5.28. The van der Waals surface area contributed by atoms with Crippen molar-refractivity contribution >= 4 is 17.0 Å². The molecule has 0 aromatic carbocycles. The molecule has 8 heteroatoms. The van der Waals surface area contributed by atoms with Gasteiger partial charge in [-0.2, -0.15) is 5.10 Å². The summed E-state index contributed by atoms with van der Waals surface area (Å²) in [5.74, 6) is 0.567. The first-order chi connectivity index (χ1) is 13.3. The summed E-state index contributed by atoms with van der Waals surface area (Å²) in [6.45, 7) is 5.96. The summed E-state index contributed by atoms with van der Waals surface area (Å²) in [7, 11) is 0. The minimum Gasteiger partial charge on any atom is -0.391 e. The Morgan fingerprint density at radius 2 is 2.22 bits per heavy atom. The molecule has 0 amide bonds. The molecule has 0 fully saturated rings. The first-order valence-electron chi connectivity index (χ1n) is 8.68. The number of pyridine rings is 1. The van der Waals surface area contributed by atoms with Crippen LogP contribution in [0.5, 0.6) is 0 Å². The smallest absolute Gasteiger partial charge is 0.194 e. The number of rotatable bonds is 5. The second-order valence-corrected chi connectivity index (χ2v) is 7.08. The van der Waals surface area contributed by atoms with Gasteiger partial charge in [-0.25, -0.2) is 9.97 Å².